The van der Waals surface area contributed by atoms with Gasteiger partial charge in [-0.05, 0) is 19.4 Å². The Morgan fingerprint density at radius 3 is 2.92 bits per heavy atom. The largest absolute Gasteiger partial charge is 0.325 e. The van der Waals surface area contributed by atoms with Gasteiger partial charge >= 0.3 is 0 Å². The molecule has 0 amide bonds. The quantitative estimate of drug-likeness (QED) is 0.664. The van der Waals surface area contributed by atoms with E-state index in [1.54, 1.807) is 19.1 Å². The minimum absolute atomic E-state index is 0.0882. The highest BCUT2D eigenvalue weighted by Gasteiger charge is 2.03. The zero-order valence-corrected chi connectivity index (χ0v) is 7.76. The molecule has 0 aliphatic carbocycles. The van der Waals surface area contributed by atoms with Gasteiger partial charge in [0.1, 0.15) is 5.69 Å². The maximum Gasteiger partial charge on any atom is 0.182 e. The van der Waals surface area contributed by atoms with E-state index in [4.69, 9.17) is 0 Å². The maximum absolute atomic E-state index is 11.3. The SMILES string of the molecule is CC#CCCc1cc([NH3+])ccc1[O]. The van der Waals surface area contributed by atoms with Gasteiger partial charge in [0.25, 0.3) is 0 Å². The van der Waals surface area contributed by atoms with Crippen molar-refractivity contribution in [2.75, 3.05) is 0 Å². The van der Waals surface area contributed by atoms with Gasteiger partial charge in [0.15, 0.2) is 5.75 Å². The Morgan fingerprint density at radius 2 is 2.23 bits per heavy atom. The topological polar surface area (TPSA) is 47.5 Å². The molecule has 0 unspecified atom stereocenters. The lowest BCUT2D eigenvalue weighted by Crippen LogP contribution is -2.40. The molecule has 13 heavy (non-hydrogen) atoms. The zero-order chi connectivity index (χ0) is 9.68. The second-order valence-electron chi connectivity index (χ2n) is 2.87. The van der Waals surface area contributed by atoms with Crippen LogP contribution in [0.3, 0.4) is 0 Å². The fraction of sp³-hybridized carbons (Fsp3) is 0.273. The summed E-state index contributed by atoms with van der Waals surface area (Å²) in [6, 6.07) is 5.13. The molecule has 0 aromatic heterocycles. The van der Waals surface area contributed by atoms with E-state index in [9.17, 15) is 5.11 Å². The molecule has 0 atom stereocenters. The Kier molecular flexibility index (Phi) is 3.36. The number of benzene rings is 1. The number of hydrogen-bond acceptors (Lipinski definition) is 0. The number of hydrogen-bond donors (Lipinski definition) is 1. The first kappa shape index (κ1) is 9.63. The second kappa shape index (κ2) is 4.54. The average Bonchev–Trinajstić information content (AvgIpc) is 2.11. The van der Waals surface area contributed by atoms with Crippen LogP contribution >= 0.6 is 0 Å². The Balaban J connectivity index is 2.73. The van der Waals surface area contributed by atoms with Crippen LogP contribution in [-0.2, 0) is 11.5 Å². The molecule has 2 heteroatoms. The fourth-order valence-corrected chi connectivity index (χ4v) is 1.15. The van der Waals surface area contributed by atoms with Gasteiger partial charge in [0.2, 0.25) is 0 Å². The lowest BCUT2D eigenvalue weighted by Gasteiger charge is -1.98. The van der Waals surface area contributed by atoms with Crippen molar-refractivity contribution in [3.05, 3.63) is 23.8 Å². The Hall–Kier alpha value is -1.46. The molecule has 2 nitrogen and oxygen atoms in total. The summed E-state index contributed by atoms with van der Waals surface area (Å²) < 4.78 is 0. The molecule has 0 aliphatic rings. The Morgan fingerprint density at radius 1 is 1.46 bits per heavy atom. The van der Waals surface area contributed by atoms with Gasteiger partial charge in [-0.25, -0.2) is 0 Å². The average molecular weight is 175 g/mol. The van der Waals surface area contributed by atoms with E-state index in [0.29, 0.717) is 0 Å². The van der Waals surface area contributed by atoms with Crippen LogP contribution in [0.2, 0.25) is 0 Å². The van der Waals surface area contributed by atoms with Crippen LogP contribution in [0, 0.1) is 11.8 Å². The third kappa shape index (κ3) is 2.81. The Labute approximate surface area is 78.4 Å². The van der Waals surface area contributed by atoms with Crippen LogP contribution in [0.5, 0.6) is 5.75 Å². The van der Waals surface area contributed by atoms with E-state index in [2.05, 4.69) is 17.6 Å². The molecule has 0 fully saturated rings. The summed E-state index contributed by atoms with van der Waals surface area (Å²) in [5, 5.41) is 11.3. The molecule has 0 heterocycles. The predicted octanol–water partition coefficient (Wildman–Crippen LogP) is 1.66. The molecular weight excluding hydrogens is 162 g/mol. The van der Waals surface area contributed by atoms with Crippen LogP contribution in [0.15, 0.2) is 18.2 Å². The first-order chi connectivity index (χ1) is 6.24. The van der Waals surface area contributed by atoms with E-state index in [-0.39, 0.29) is 5.75 Å². The van der Waals surface area contributed by atoms with Gasteiger partial charge in [-0.15, -0.1) is 11.8 Å². The van der Waals surface area contributed by atoms with Gasteiger partial charge in [-0.3, -0.25) is 5.11 Å². The minimum Gasteiger partial charge on any atom is -0.325 e. The summed E-state index contributed by atoms with van der Waals surface area (Å²) in [6.45, 7) is 1.80. The molecule has 0 aliphatic heterocycles. The first-order valence-electron chi connectivity index (χ1n) is 4.25. The lowest BCUT2D eigenvalue weighted by molar-refractivity contribution is -0.254. The molecule has 1 radical (unpaired) electrons. The molecule has 0 saturated heterocycles. The second-order valence-corrected chi connectivity index (χ2v) is 2.87. The van der Waals surface area contributed by atoms with Crippen LogP contribution in [0.25, 0.3) is 0 Å². The van der Waals surface area contributed by atoms with Gasteiger partial charge in [0.05, 0.1) is 0 Å². The minimum atomic E-state index is 0.0882. The smallest absolute Gasteiger partial charge is 0.182 e. The van der Waals surface area contributed by atoms with Crippen LogP contribution in [0.1, 0.15) is 18.9 Å². The monoisotopic (exact) mass is 175 g/mol. The van der Waals surface area contributed by atoms with Crippen molar-refractivity contribution in [2.45, 2.75) is 19.8 Å². The normalized spacial score (nSPS) is 9.08. The van der Waals surface area contributed by atoms with Crippen LogP contribution in [-0.4, -0.2) is 0 Å². The van der Waals surface area contributed by atoms with Crippen molar-refractivity contribution >= 4 is 5.69 Å². The lowest BCUT2D eigenvalue weighted by atomic mass is 10.1. The van der Waals surface area contributed by atoms with Gasteiger partial charge < -0.3 is 5.73 Å². The van der Waals surface area contributed by atoms with E-state index in [1.807, 2.05) is 6.07 Å². The van der Waals surface area contributed by atoms with Crippen LogP contribution < -0.4 is 5.73 Å². The predicted molar refractivity (Wildman–Crippen MR) is 50.9 cm³/mol. The van der Waals surface area contributed by atoms with E-state index in [0.717, 1.165) is 24.1 Å². The number of quaternary nitrogens is 1. The van der Waals surface area contributed by atoms with Crippen molar-refractivity contribution in [1.82, 2.24) is 0 Å². The summed E-state index contributed by atoms with van der Waals surface area (Å²) in [6.07, 6.45) is 1.47. The summed E-state index contributed by atoms with van der Waals surface area (Å²) in [7, 11) is 0. The zero-order valence-electron chi connectivity index (χ0n) is 7.76. The standard InChI is InChI=1S/C11H12NO/c1-2-3-4-5-9-8-10(12)6-7-11(9)13/h6-8H,4-5,12H2,1H3/p+1. The third-order valence-electron chi connectivity index (χ3n) is 1.82. The van der Waals surface area contributed by atoms with E-state index in [1.165, 1.54) is 0 Å². The maximum atomic E-state index is 11.3. The highest BCUT2D eigenvalue weighted by molar-refractivity contribution is 5.42. The number of rotatable bonds is 2. The first-order valence-corrected chi connectivity index (χ1v) is 4.25. The highest BCUT2D eigenvalue weighted by atomic mass is 16.3. The van der Waals surface area contributed by atoms with E-state index >= 15 is 0 Å². The van der Waals surface area contributed by atoms with Gasteiger partial charge in [-0.1, -0.05) is 0 Å². The summed E-state index contributed by atoms with van der Waals surface area (Å²) in [5.41, 5.74) is 5.48. The molecule has 3 N–H and O–H groups in total. The van der Waals surface area contributed by atoms with Gasteiger partial charge in [-0.2, -0.15) is 0 Å². The van der Waals surface area contributed by atoms with Crippen molar-refractivity contribution in [1.29, 1.82) is 0 Å². The number of aryl methyl sites for hydroxylation is 1. The molecule has 1 rings (SSSR count). The highest BCUT2D eigenvalue weighted by Crippen LogP contribution is 2.20. The van der Waals surface area contributed by atoms with E-state index < -0.39 is 0 Å². The molecule has 0 bridgehead atoms. The van der Waals surface area contributed by atoms with Crippen molar-refractivity contribution < 1.29 is 10.8 Å². The third-order valence-corrected chi connectivity index (χ3v) is 1.82. The summed E-state index contributed by atoms with van der Waals surface area (Å²) in [4.78, 5) is 0. The van der Waals surface area contributed by atoms with Crippen LogP contribution in [0.4, 0.5) is 5.69 Å². The molecule has 67 valence electrons. The van der Waals surface area contributed by atoms with Crippen molar-refractivity contribution in [3.8, 4) is 17.6 Å². The summed E-state index contributed by atoms with van der Waals surface area (Å²) >= 11 is 0. The fourth-order valence-electron chi connectivity index (χ4n) is 1.15. The molecule has 0 spiro atoms. The van der Waals surface area contributed by atoms with Gasteiger partial charge in [0, 0.05) is 24.1 Å². The van der Waals surface area contributed by atoms with Crippen molar-refractivity contribution in [3.63, 3.8) is 0 Å². The van der Waals surface area contributed by atoms with Crippen molar-refractivity contribution in [2.24, 2.45) is 0 Å². The summed E-state index contributed by atoms with van der Waals surface area (Å²) in [5.74, 6) is 5.83. The molecule has 1 aromatic carbocycles. The molecular formula is C11H13NO+. The molecule has 1 aromatic rings. The Bertz CT molecular complexity index is 347. The molecule has 0 saturated carbocycles.